The summed E-state index contributed by atoms with van der Waals surface area (Å²) in [6, 6.07) is 5.30. The predicted octanol–water partition coefficient (Wildman–Crippen LogP) is 0.694. The Labute approximate surface area is 98.7 Å². The van der Waals surface area contributed by atoms with Crippen molar-refractivity contribution in [3.8, 4) is 0 Å². The van der Waals surface area contributed by atoms with Gasteiger partial charge in [-0.1, -0.05) is 6.07 Å². The fraction of sp³-hybridized carbons (Fsp3) is 0.250. The number of fused-ring (bicyclic) bond motifs is 1. The van der Waals surface area contributed by atoms with Crippen LogP contribution in [0.15, 0.2) is 30.6 Å². The molecule has 1 aromatic carbocycles. The van der Waals surface area contributed by atoms with E-state index >= 15 is 0 Å². The van der Waals surface area contributed by atoms with Crippen LogP contribution in [0.4, 0.5) is 0 Å². The van der Waals surface area contributed by atoms with Crippen LogP contribution in [-0.2, 0) is 0 Å². The highest BCUT2D eigenvalue weighted by Gasteiger charge is 2.14. The van der Waals surface area contributed by atoms with Crippen molar-refractivity contribution in [1.29, 1.82) is 0 Å². The van der Waals surface area contributed by atoms with Crippen molar-refractivity contribution in [1.82, 2.24) is 14.9 Å². The zero-order valence-corrected chi connectivity index (χ0v) is 9.50. The quantitative estimate of drug-likeness (QED) is 0.844. The molecule has 88 valence electrons. The van der Waals surface area contributed by atoms with Gasteiger partial charge in [-0.15, -0.1) is 0 Å². The number of aliphatic hydroxyl groups is 1. The van der Waals surface area contributed by atoms with Crippen molar-refractivity contribution in [3.05, 3.63) is 36.2 Å². The van der Waals surface area contributed by atoms with Gasteiger partial charge >= 0.3 is 0 Å². The van der Waals surface area contributed by atoms with Gasteiger partial charge in [-0.25, -0.2) is 0 Å². The molecule has 0 bridgehead atoms. The number of likely N-dealkylation sites (N-methyl/N-ethyl adjacent to an activating group) is 1. The van der Waals surface area contributed by atoms with E-state index < -0.39 is 0 Å². The maximum Gasteiger partial charge on any atom is 0.255 e. The van der Waals surface area contributed by atoms with E-state index in [9.17, 15) is 4.79 Å². The SMILES string of the molecule is CN(CCO)C(=O)c1cccc2nccnc12. The van der Waals surface area contributed by atoms with Crippen LogP contribution in [0, 0.1) is 0 Å². The molecule has 2 rings (SSSR count). The third-order valence-electron chi connectivity index (χ3n) is 2.51. The Morgan fingerprint density at radius 1 is 1.35 bits per heavy atom. The number of aliphatic hydroxyl groups excluding tert-OH is 1. The van der Waals surface area contributed by atoms with E-state index in [-0.39, 0.29) is 12.5 Å². The molecule has 17 heavy (non-hydrogen) atoms. The highest BCUT2D eigenvalue weighted by molar-refractivity contribution is 6.04. The minimum atomic E-state index is -0.162. The summed E-state index contributed by atoms with van der Waals surface area (Å²) in [6.45, 7) is 0.244. The van der Waals surface area contributed by atoms with E-state index in [4.69, 9.17) is 5.11 Å². The highest BCUT2D eigenvalue weighted by Crippen LogP contribution is 2.15. The molecule has 5 heteroatoms. The average molecular weight is 231 g/mol. The Kier molecular flexibility index (Phi) is 3.30. The van der Waals surface area contributed by atoms with E-state index in [2.05, 4.69) is 9.97 Å². The summed E-state index contributed by atoms with van der Waals surface area (Å²) in [5, 5.41) is 8.82. The maximum absolute atomic E-state index is 12.1. The van der Waals surface area contributed by atoms with E-state index in [1.54, 1.807) is 31.6 Å². The van der Waals surface area contributed by atoms with Crippen molar-refractivity contribution in [2.45, 2.75) is 0 Å². The number of aromatic nitrogens is 2. The first-order valence-corrected chi connectivity index (χ1v) is 5.30. The third-order valence-corrected chi connectivity index (χ3v) is 2.51. The molecule has 0 unspecified atom stereocenters. The summed E-state index contributed by atoms with van der Waals surface area (Å²) < 4.78 is 0. The lowest BCUT2D eigenvalue weighted by Crippen LogP contribution is -2.29. The molecule has 0 radical (unpaired) electrons. The number of hydrogen-bond donors (Lipinski definition) is 1. The van der Waals surface area contributed by atoms with Gasteiger partial charge in [0.25, 0.3) is 5.91 Å². The lowest BCUT2D eigenvalue weighted by atomic mass is 10.1. The number of rotatable bonds is 3. The summed E-state index contributed by atoms with van der Waals surface area (Å²) in [7, 11) is 1.65. The van der Waals surface area contributed by atoms with Crippen LogP contribution in [0.1, 0.15) is 10.4 Å². The van der Waals surface area contributed by atoms with Crippen molar-refractivity contribution in [3.63, 3.8) is 0 Å². The number of benzene rings is 1. The van der Waals surface area contributed by atoms with Gasteiger partial charge in [0.1, 0.15) is 5.52 Å². The summed E-state index contributed by atoms with van der Waals surface area (Å²) in [6.07, 6.45) is 3.15. The lowest BCUT2D eigenvalue weighted by Gasteiger charge is -2.16. The molecule has 1 amide bonds. The van der Waals surface area contributed by atoms with E-state index in [1.165, 1.54) is 4.90 Å². The van der Waals surface area contributed by atoms with Crippen LogP contribution in [-0.4, -0.2) is 46.1 Å². The fourth-order valence-electron chi connectivity index (χ4n) is 1.62. The minimum Gasteiger partial charge on any atom is -0.395 e. The molecule has 2 aromatic rings. The second-order valence-electron chi connectivity index (χ2n) is 3.68. The Hall–Kier alpha value is -2.01. The van der Waals surface area contributed by atoms with Crippen LogP contribution in [0.3, 0.4) is 0 Å². The van der Waals surface area contributed by atoms with Crippen molar-refractivity contribution >= 4 is 16.9 Å². The van der Waals surface area contributed by atoms with E-state index in [0.717, 1.165) is 0 Å². The molecule has 1 aromatic heterocycles. The number of carbonyl (C=O) groups excluding carboxylic acids is 1. The van der Waals surface area contributed by atoms with Gasteiger partial charge in [0, 0.05) is 26.0 Å². The average Bonchev–Trinajstić information content (AvgIpc) is 2.37. The third kappa shape index (κ3) is 2.24. The first kappa shape index (κ1) is 11.5. The van der Waals surface area contributed by atoms with Crippen LogP contribution in [0.2, 0.25) is 0 Å². The van der Waals surface area contributed by atoms with Crippen LogP contribution < -0.4 is 0 Å². The molecular weight excluding hydrogens is 218 g/mol. The van der Waals surface area contributed by atoms with Gasteiger partial charge in [-0.3, -0.25) is 14.8 Å². The van der Waals surface area contributed by atoms with E-state index in [1.807, 2.05) is 6.07 Å². The zero-order chi connectivity index (χ0) is 12.3. The summed E-state index contributed by atoms with van der Waals surface area (Å²) in [4.78, 5) is 21.9. The normalized spacial score (nSPS) is 10.5. The summed E-state index contributed by atoms with van der Waals surface area (Å²) in [5.41, 5.74) is 1.78. The number of carbonyl (C=O) groups is 1. The monoisotopic (exact) mass is 231 g/mol. The Bertz CT molecular complexity index is 537. The number of hydrogen-bond acceptors (Lipinski definition) is 4. The van der Waals surface area contributed by atoms with Crippen molar-refractivity contribution < 1.29 is 9.90 Å². The molecule has 0 spiro atoms. The van der Waals surface area contributed by atoms with Gasteiger partial charge in [-0.2, -0.15) is 0 Å². The predicted molar refractivity (Wildman–Crippen MR) is 63.6 cm³/mol. The van der Waals surface area contributed by atoms with Gasteiger partial charge in [-0.05, 0) is 12.1 Å². The van der Waals surface area contributed by atoms with Gasteiger partial charge in [0.2, 0.25) is 0 Å². The molecule has 0 atom stereocenters. The topological polar surface area (TPSA) is 66.3 Å². The largest absolute Gasteiger partial charge is 0.395 e. The molecule has 1 heterocycles. The molecule has 0 aliphatic carbocycles. The smallest absolute Gasteiger partial charge is 0.255 e. The molecule has 1 N–H and O–H groups in total. The number of nitrogens with zero attached hydrogens (tertiary/aromatic N) is 3. The van der Waals surface area contributed by atoms with Crippen molar-refractivity contribution in [2.75, 3.05) is 20.2 Å². The summed E-state index contributed by atoms with van der Waals surface area (Å²) in [5.74, 6) is -0.162. The maximum atomic E-state index is 12.1. The van der Waals surface area contributed by atoms with Crippen LogP contribution in [0.25, 0.3) is 11.0 Å². The van der Waals surface area contributed by atoms with Gasteiger partial charge in [0.15, 0.2) is 0 Å². The molecular formula is C12H13N3O2. The molecule has 0 saturated carbocycles. The Morgan fingerprint density at radius 3 is 2.88 bits per heavy atom. The standard InChI is InChI=1S/C12H13N3O2/c1-15(7-8-16)12(17)9-3-2-4-10-11(9)14-6-5-13-10/h2-6,16H,7-8H2,1H3. The number of amides is 1. The van der Waals surface area contributed by atoms with Gasteiger partial charge in [0.05, 0.1) is 17.7 Å². The zero-order valence-electron chi connectivity index (χ0n) is 9.50. The van der Waals surface area contributed by atoms with Crippen molar-refractivity contribution in [2.24, 2.45) is 0 Å². The second-order valence-corrected chi connectivity index (χ2v) is 3.68. The van der Waals surface area contributed by atoms with Gasteiger partial charge < -0.3 is 10.0 Å². The molecule has 0 aliphatic rings. The highest BCUT2D eigenvalue weighted by atomic mass is 16.3. The van der Waals surface area contributed by atoms with Crippen LogP contribution in [0.5, 0.6) is 0 Å². The minimum absolute atomic E-state index is 0.0569. The lowest BCUT2D eigenvalue weighted by molar-refractivity contribution is 0.0768. The number of para-hydroxylation sites is 1. The fourth-order valence-corrected chi connectivity index (χ4v) is 1.62. The first-order valence-electron chi connectivity index (χ1n) is 5.30. The molecule has 0 aliphatic heterocycles. The second kappa shape index (κ2) is 4.88. The molecule has 5 nitrogen and oxygen atoms in total. The first-order chi connectivity index (χ1) is 8.24. The summed E-state index contributed by atoms with van der Waals surface area (Å²) >= 11 is 0. The molecule has 0 saturated heterocycles. The Morgan fingerprint density at radius 2 is 2.12 bits per heavy atom. The van der Waals surface area contributed by atoms with Crippen LogP contribution >= 0.6 is 0 Å². The Balaban J connectivity index is 2.45. The van der Waals surface area contributed by atoms with E-state index in [0.29, 0.717) is 23.1 Å². The molecule has 0 fully saturated rings.